The van der Waals surface area contributed by atoms with Crippen molar-refractivity contribution < 1.29 is 33.1 Å². The number of amides is 5. The molecule has 5 amide bonds. The van der Waals surface area contributed by atoms with Gasteiger partial charge in [0.25, 0.3) is 17.7 Å². The largest absolute Gasteiger partial charge is 0.454 e. The lowest BCUT2D eigenvalue weighted by Crippen LogP contribution is -2.52. The highest BCUT2D eigenvalue weighted by Crippen LogP contribution is 2.35. The highest BCUT2D eigenvalue weighted by molar-refractivity contribution is 6.08. The maximum Gasteiger partial charge on any atom is 0.344 e. The molecular formula is C20H23FN4O6. The summed E-state index contributed by atoms with van der Waals surface area (Å²) >= 11 is 0. The third-order valence-corrected chi connectivity index (χ3v) is 5.40. The second-order valence-corrected chi connectivity index (χ2v) is 7.69. The van der Waals surface area contributed by atoms with Gasteiger partial charge in [0.1, 0.15) is 17.9 Å². The number of hydrazine groups is 1. The van der Waals surface area contributed by atoms with E-state index < -0.39 is 54.2 Å². The number of ether oxygens (including phenoxy) is 1. The highest BCUT2D eigenvalue weighted by Gasteiger charge is 2.52. The van der Waals surface area contributed by atoms with Crippen molar-refractivity contribution in [3.63, 3.8) is 0 Å². The zero-order valence-electron chi connectivity index (χ0n) is 16.9. The second kappa shape index (κ2) is 9.11. The summed E-state index contributed by atoms with van der Waals surface area (Å²) in [7, 11) is 0. The van der Waals surface area contributed by atoms with Crippen molar-refractivity contribution in [3.8, 4) is 0 Å². The van der Waals surface area contributed by atoms with Gasteiger partial charge in [-0.25, -0.2) is 9.18 Å². The Balaban J connectivity index is 1.44. The van der Waals surface area contributed by atoms with Gasteiger partial charge in [0.05, 0.1) is 5.56 Å². The van der Waals surface area contributed by atoms with Gasteiger partial charge in [-0.3, -0.25) is 24.6 Å². The van der Waals surface area contributed by atoms with E-state index in [2.05, 4.69) is 23.0 Å². The van der Waals surface area contributed by atoms with Crippen LogP contribution in [-0.2, 0) is 19.1 Å². The summed E-state index contributed by atoms with van der Waals surface area (Å²) in [6.45, 7) is 0.709. The molecule has 166 valence electrons. The van der Waals surface area contributed by atoms with Gasteiger partial charge < -0.3 is 15.4 Å². The fourth-order valence-electron chi connectivity index (χ4n) is 3.56. The molecule has 1 saturated heterocycles. The summed E-state index contributed by atoms with van der Waals surface area (Å²) in [5, 5.41) is 5.43. The van der Waals surface area contributed by atoms with Gasteiger partial charge in [-0.1, -0.05) is 19.1 Å². The molecule has 2 aliphatic rings. The van der Waals surface area contributed by atoms with E-state index >= 15 is 0 Å². The molecular weight excluding hydrogens is 411 g/mol. The zero-order chi connectivity index (χ0) is 22.6. The fraction of sp³-hybridized carbons (Fsp3) is 0.450. The van der Waals surface area contributed by atoms with Gasteiger partial charge in [-0.2, -0.15) is 5.01 Å². The van der Waals surface area contributed by atoms with Crippen LogP contribution >= 0.6 is 0 Å². The molecule has 1 aliphatic carbocycles. The number of carbonyl (C=O) groups excluding carboxylic acids is 5. The van der Waals surface area contributed by atoms with E-state index in [1.165, 1.54) is 18.2 Å². The van der Waals surface area contributed by atoms with Gasteiger partial charge in [-0.15, -0.1) is 0 Å². The lowest BCUT2D eigenvalue weighted by molar-refractivity contribution is -0.150. The van der Waals surface area contributed by atoms with Crippen LogP contribution in [0.2, 0.25) is 0 Å². The molecule has 3 rings (SSSR count). The molecule has 1 aliphatic heterocycles. The van der Waals surface area contributed by atoms with Crippen molar-refractivity contribution in [2.45, 2.75) is 38.1 Å². The number of imide groups is 1. The van der Waals surface area contributed by atoms with Crippen LogP contribution in [-0.4, -0.2) is 53.4 Å². The third-order valence-electron chi connectivity index (χ3n) is 5.40. The van der Waals surface area contributed by atoms with Crippen LogP contribution in [0.5, 0.6) is 0 Å². The van der Waals surface area contributed by atoms with Crippen molar-refractivity contribution in [1.29, 1.82) is 0 Å². The van der Waals surface area contributed by atoms with Gasteiger partial charge >= 0.3 is 12.0 Å². The number of hydrogen-bond acceptors (Lipinski definition) is 6. The van der Waals surface area contributed by atoms with Crippen LogP contribution in [0.1, 0.15) is 43.0 Å². The molecule has 0 radical (unpaired) electrons. The zero-order valence-corrected chi connectivity index (χ0v) is 16.9. The molecule has 10 nitrogen and oxygen atoms in total. The Bertz CT molecular complexity index is 913. The number of halogens is 1. The van der Waals surface area contributed by atoms with E-state index in [1.807, 2.05) is 0 Å². The lowest BCUT2D eigenvalue weighted by atomic mass is 9.77. The average molecular weight is 434 g/mol. The Morgan fingerprint density at radius 1 is 1.23 bits per heavy atom. The quantitative estimate of drug-likeness (QED) is 0.444. The lowest BCUT2D eigenvalue weighted by Gasteiger charge is -2.33. The molecule has 0 bridgehead atoms. The minimum absolute atomic E-state index is 0.238. The predicted octanol–water partition coefficient (Wildman–Crippen LogP) is 0.631. The van der Waals surface area contributed by atoms with Gasteiger partial charge in [-0.05, 0) is 43.7 Å². The first-order chi connectivity index (χ1) is 14.7. The van der Waals surface area contributed by atoms with Crippen LogP contribution in [0.25, 0.3) is 0 Å². The minimum Gasteiger partial charge on any atom is -0.454 e. The molecule has 0 unspecified atom stereocenters. The average Bonchev–Trinajstić information content (AvgIpc) is 2.97. The third kappa shape index (κ3) is 4.98. The normalized spacial score (nSPS) is 22.8. The molecule has 0 atom stereocenters. The fourth-order valence-corrected chi connectivity index (χ4v) is 3.56. The smallest absolute Gasteiger partial charge is 0.344 e. The summed E-state index contributed by atoms with van der Waals surface area (Å²) in [6, 6.07) is 4.50. The first kappa shape index (κ1) is 22.2. The number of carbonyl (C=O) groups is 5. The molecule has 1 aromatic rings. The topological polar surface area (TPSA) is 134 Å². The monoisotopic (exact) mass is 434 g/mol. The van der Waals surface area contributed by atoms with Crippen molar-refractivity contribution >= 4 is 29.7 Å². The van der Waals surface area contributed by atoms with Crippen molar-refractivity contribution in [3.05, 3.63) is 35.6 Å². The van der Waals surface area contributed by atoms with Crippen molar-refractivity contribution in [1.82, 2.24) is 21.1 Å². The number of nitrogens with zero attached hydrogens (tertiary/aromatic N) is 1. The molecule has 2 fully saturated rings. The van der Waals surface area contributed by atoms with Crippen LogP contribution in [0, 0.1) is 11.7 Å². The number of esters is 1. The summed E-state index contributed by atoms with van der Waals surface area (Å²) in [6.07, 6.45) is 2.54. The number of nitrogens with one attached hydrogen (secondary N) is 3. The molecule has 3 N–H and O–H groups in total. The van der Waals surface area contributed by atoms with E-state index in [4.69, 9.17) is 4.74 Å². The standard InChI is InChI=1S/C20H23FN4O6/c1-12-6-8-20(9-7-12)18(29)25(19(30)23-20)24-15(26)11-31-16(27)10-22-17(28)13-4-2-3-5-14(13)21/h2-5,12H,6-11H2,1H3,(H,22,28)(H,23,30)(H,24,26). The van der Waals surface area contributed by atoms with Crippen molar-refractivity contribution in [2.24, 2.45) is 5.92 Å². The van der Waals surface area contributed by atoms with E-state index in [9.17, 15) is 28.4 Å². The van der Waals surface area contributed by atoms with Gasteiger partial charge in [0, 0.05) is 0 Å². The van der Waals surface area contributed by atoms with Gasteiger partial charge in [0.2, 0.25) is 0 Å². The van der Waals surface area contributed by atoms with Crippen LogP contribution in [0.3, 0.4) is 0 Å². The van der Waals surface area contributed by atoms with Gasteiger partial charge in [0.15, 0.2) is 6.61 Å². The summed E-state index contributed by atoms with van der Waals surface area (Å²) in [5.74, 6) is -3.48. The Morgan fingerprint density at radius 2 is 1.90 bits per heavy atom. The number of urea groups is 1. The summed E-state index contributed by atoms with van der Waals surface area (Å²) in [5.41, 5.74) is 0.886. The number of rotatable bonds is 6. The maximum atomic E-state index is 13.5. The number of benzene rings is 1. The molecule has 1 spiro atoms. The molecule has 1 saturated carbocycles. The predicted molar refractivity (Wildman–Crippen MR) is 104 cm³/mol. The van der Waals surface area contributed by atoms with Crippen LogP contribution in [0.15, 0.2) is 24.3 Å². The summed E-state index contributed by atoms with van der Waals surface area (Å²) in [4.78, 5) is 60.4. The SMILES string of the molecule is CC1CCC2(CC1)NC(=O)N(NC(=O)COC(=O)CNC(=O)c1ccccc1F)C2=O. The Morgan fingerprint density at radius 3 is 2.58 bits per heavy atom. The highest BCUT2D eigenvalue weighted by atomic mass is 19.1. The maximum absolute atomic E-state index is 13.5. The van der Waals surface area contributed by atoms with Crippen LogP contribution in [0.4, 0.5) is 9.18 Å². The number of hydrogen-bond donors (Lipinski definition) is 3. The Labute approximate surface area is 177 Å². The first-order valence-electron chi connectivity index (χ1n) is 9.86. The Kier molecular flexibility index (Phi) is 6.52. The van der Waals surface area contributed by atoms with E-state index in [1.54, 1.807) is 0 Å². The minimum atomic E-state index is -1.01. The molecule has 11 heteroatoms. The second-order valence-electron chi connectivity index (χ2n) is 7.69. The Hall–Kier alpha value is -3.50. The van der Waals surface area contributed by atoms with E-state index in [0.717, 1.165) is 18.9 Å². The summed E-state index contributed by atoms with van der Waals surface area (Å²) < 4.78 is 18.3. The molecule has 1 aromatic carbocycles. The van der Waals surface area contributed by atoms with Crippen LogP contribution < -0.4 is 16.1 Å². The molecule has 31 heavy (non-hydrogen) atoms. The molecule has 0 aromatic heterocycles. The van der Waals surface area contributed by atoms with Crippen molar-refractivity contribution in [2.75, 3.05) is 13.2 Å². The van der Waals surface area contributed by atoms with E-state index in [-0.39, 0.29) is 5.56 Å². The first-order valence-corrected chi connectivity index (χ1v) is 9.86. The molecule has 1 heterocycles. The van der Waals surface area contributed by atoms with E-state index in [0.29, 0.717) is 23.8 Å².